The van der Waals surface area contributed by atoms with E-state index in [4.69, 9.17) is 4.74 Å². The lowest BCUT2D eigenvalue weighted by molar-refractivity contribution is -0.160. The first-order valence-corrected chi connectivity index (χ1v) is 4.01. The second-order valence-electron chi connectivity index (χ2n) is 4.26. The highest BCUT2D eigenvalue weighted by atomic mass is 16.6. The maximum Gasteiger partial charge on any atom is 0.334 e. The predicted octanol–water partition coefficient (Wildman–Crippen LogP) is 1.44. The third-order valence-electron chi connectivity index (χ3n) is 1.22. The highest BCUT2D eigenvalue weighted by molar-refractivity contribution is 5.81. The molecule has 0 aliphatic heterocycles. The molecule has 0 aromatic heterocycles. The van der Waals surface area contributed by atoms with Crippen LogP contribution in [0.5, 0.6) is 0 Å². The molecule has 0 spiro atoms. The summed E-state index contributed by atoms with van der Waals surface area (Å²) in [6.07, 6.45) is 1.35. The van der Waals surface area contributed by atoms with Crippen LogP contribution in [-0.2, 0) is 14.3 Å². The van der Waals surface area contributed by atoms with E-state index in [-0.39, 0.29) is 0 Å². The quantitative estimate of drug-likeness (QED) is 0.371. The van der Waals surface area contributed by atoms with Gasteiger partial charge in [0.25, 0.3) is 0 Å². The van der Waals surface area contributed by atoms with E-state index in [1.165, 1.54) is 19.9 Å². The van der Waals surface area contributed by atoms with E-state index in [0.29, 0.717) is 0 Å². The van der Waals surface area contributed by atoms with E-state index in [1.54, 1.807) is 20.8 Å². The zero-order valence-electron chi connectivity index (χ0n) is 8.67. The Morgan fingerprint density at radius 1 is 1.23 bits per heavy atom. The van der Waals surface area contributed by atoms with Crippen LogP contribution in [-0.4, -0.2) is 23.2 Å². The maximum atomic E-state index is 11.4. The fourth-order valence-electron chi connectivity index (χ4n) is 0.563. The molecule has 0 aromatic carbocycles. The molecule has 0 aliphatic rings. The summed E-state index contributed by atoms with van der Waals surface area (Å²) < 4.78 is 5.04. The number of carbonyl (C=O) groups excluding carboxylic acids is 2. The van der Waals surface area contributed by atoms with E-state index in [9.17, 15) is 9.59 Å². The summed E-state index contributed by atoms with van der Waals surface area (Å²) in [5.41, 5.74) is -1.71. The number of hydrogen-bond acceptors (Lipinski definition) is 4. The number of carbonyl (C=O) groups is 1. The molecule has 0 aliphatic carbocycles. The van der Waals surface area contributed by atoms with Crippen molar-refractivity contribution in [1.29, 1.82) is 0 Å². The van der Waals surface area contributed by atoms with Gasteiger partial charge in [0.15, 0.2) is 5.54 Å². The van der Waals surface area contributed by atoms with Gasteiger partial charge in [0, 0.05) is 0 Å². The topological polar surface area (TPSA) is 55.7 Å². The molecule has 0 unspecified atom stereocenters. The number of isocyanates is 1. The van der Waals surface area contributed by atoms with Gasteiger partial charge in [-0.25, -0.2) is 9.59 Å². The van der Waals surface area contributed by atoms with Gasteiger partial charge < -0.3 is 4.74 Å². The van der Waals surface area contributed by atoms with Crippen molar-refractivity contribution in [2.75, 3.05) is 0 Å². The Bertz CT molecular complexity index is 244. The molecule has 0 aromatic rings. The highest BCUT2D eigenvalue weighted by Gasteiger charge is 2.32. The summed E-state index contributed by atoms with van der Waals surface area (Å²) >= 11 is 0. The van der Waals surface area contributed by atoms with Crippen LogP contribution in [0, 0.1) is 0 Å². The molecule has 0 heterocycles. The number of aliphatic imine (C=N–C) groups is 1. The van der Waals surface area contributed by atoms with Crippen LogP contribution in [0.3, 0.4) is 0 Å². The first-order valence-electron chi connectivity index (χ1n) is 4.01. The number of ether oxygens (including phenoxy) is 1. The first kappa shape index (κ1) is 11.8. The SMILES string of the molecule is CC(C)(C)OC(=O)C(C)(C)N=C=O. The van der Waals surface area contributed by atoms with Gasteiger partial charge >= 0.3 is 5.97 Å². The fraction of sp³-hybridized carbons (Fsp3) is 0.778. The first-order chi connectivity index (χ1) is 5.69. The molecule has 0 radical (unpaired) electrons. The molecule has 4 heteroatoms. The van der Waals surface area contributed by atoms with E-state index in [1.807, 2.05) is 0 Å². The Hall–Kier alpha value is -1.15. The van der Waals surface area contributed by atoms with Crippen molar-refractivity contribution in [1.82, 2.24) is 0 Å². The Balaban J connectivity index is 4.52. The van der Waals surface area contributed by atoms with Crippen molar-refractivity contribution in [3.8, 4) is 0 Å². The second-order valence-corrected chi connectivity index (χ2v) is 4.26. The number of nitrogens with zero attached hydrogens (tertiary/aromatic N) is 1. The van der Waals surface area contributed by atoms with Crippen LogP contribution in [0.4, 0.5) is 0 Å². The van der Waals surface area contributed by atoms with Gasteiger partial charge in [0.1, 0.15) is 5.60 Å². The smallest absolute Gasteiger partial charge is 0.334 e. The minimum absolute atomic E-state index is 0.525. The molecule has 0 amide bonds. The normalized spacial score (nSPS) is 11.8. The molecule has 13 heavy (non-hydrogen) atoms. The molecule has 74 valence electrons. The van der Waals surface area contributed by atoms with E-state index in [0.717, 1.165) is 0 Å². The summed E-state index contributed by atoms with van der Waals surface area (Å²) in [4.78, 5) is 24.7. The summed E-state index contributed by atoms with van der Waals surface area (Å²) in [5, 5.41) is 0. The maximum absolute atomic E-state index is 11.4. The number of esters is 1. The third kappa shape index (κ3) is 4.43. The van der Waals surface area contributed by atoms with E-state index < -0.39 is 17.1 Å². The Morgan fingerprint density at radius 3 is 2.00 bits per heavy atom. The van der Waals surface area contributed by atoms with Crippen LogP contribution in [0.15, 0.2) is 4.99 Å². The predicted molar refractivity (Wildman–Crippen MR) is 48.0 cm³/mol. The lowest BCUT2D eigenvalue weighted by Crippen LogP contribution is -2.37. The standard InChI is InChI=1S/C9H15NO3/c1-8(2,3)13-7(12)9(4,5)10-6-11/h1-5H3. The lowest BCUT2D eigenvalue weighted by Gasteiger charge is -2.24. The van der Waals surface area contributed by atoms with Crippen LogP contribution in [0.2, 0.25) is 0 Å². The van der Waals surface area contributed by atoms with E-state index >= 15 is 0 Å². The Labute approximate surface area is 78.0 Å². The monoisotopic (exact) mass is 185 g/mol. The average Bonchev–Trinajstić information content (AvgIpc) is 1.82. The van der Waals surface area contributed by atoms with Gasteiger partial charge in [-0.3, -0.25) is 0 Å². The molecule has 0 saturated carbocycles. The Kier molecular flexibility index (Phi) is 3.38. The summed E-state index contributed by atoms with van der Waals surface area (Å²) in [7, 11) is 0. The van der Waals surface area contributed by atoms with Crippen molar-refractivity contribution in [2.45, 2.75) is 45.8 Å². The molecule has 4 nitrogen and oxygen atoms in total. The van der Waals surface area contributed by atoms with Gasteiger partial charge in [0.05, 0.1) is 0 Å². The van der Waals surface area contributed by atoms with Gasteiger partial charge in [0.2, 0.25) is 6.08 Å². The molecule has 0 atom stereocenters. The van der Waals surface area contributed by atoms with Gasteiger partial charge in [-0.05, 0) is 34.6 Å². The molecule has 0 saturated heterocycles. The van der Waals surface area contributed by atoms with Crippen molar-refractivity contribution < 1.29 is 14.3 Å². The fourth-order valence-corrected chi connectivity index (χ4v) is 0.563. The molecule has 0 bridgehead atoms. The zero-order chi connectivity index (χ0) is 10.7. The van der Waals surface area contributed by atoms with Gasteiger partial charge in [-0.2, -0.15) is 4.99 Å². The van der Waals surface area contributed by atoms with Crippen LogP contribution < -0.4 is 0 Å². The number of rotatable bonds is 2. The largest absolute Gasteiger partial charge is 0.458 e. The molecule has 0 fully saturated rings. The van der Waals surface area contributed by atoms with E-state index in [2.05, 4.69) is 4.99 Å². The van der Waals surface area contributed by atoms with Gasteiger partial charge in [-0.15, -0.1) is 0 Å². The number of hydrogen-bond donors (Lipinski definition) is 0. The molecule has 0 rings (SSSR count). The highest BCUT2D eigenvalue weighted by Crippen LogP contribution is 2.16. The lowest BCUT2D eigenvalue weighted by atomic mass is 10.1. The van der Waals surface area contributed by atoms with Crippen LogP contribution >= 0.6 is 0 Å². The van der Waals surface area contributed by atoms with Crippen molar-refractivity contribution in [3.05, 3.63) is 0 Å². The van der Waals surface area contributed by atoms with Gasteiger partial charge in [-0.1, -0.05) is 0 Å². The second kappa shape index (κ2) is 3.71. The molecular weight excluding hydrogens is 170 g/mol. The minimum Gasteiger partial charge on any atom is -0.458 e. The van der Waals surface area contributed by atoms with Crippen molar-refractivity contribution in [2.24, 2.45) is 4.99 Å². The van der Waals surface area contributed by atoms with Crippen LogP contribution in [0.1, 0.15) is 34.6 Å². The average molecular weight is 185 g/mol. The molecule has 0 N–H and O–H groups in total. The summed E-state index contributed by atoms with van der Waals surface area (Å²) in [6, 6.07) is 0. The Morgan fingerprint density at radius 2 is 1.69 bits per heavy atom. The zero-order valence-corrected chi connectivity index (χ0v) is 8.67. The minimum atomic E-state index is -1.14. The van der Waals surface area contributed by atoms with Crippen molar-refractivity contribution in [3.63, 3.8) is 0 Å². The third-order valence-corrected chi connectivity index (χ3v) is 1.22. The summed E-state index contributed by atoms with van der Waals surface area (Å²) in [5.74, 6) is -0.525. The summed E-state index contributed by atoms with van der Waals surface area (Å²) in [6.45, 7) is 8.28. The van der Waals surface area contributed by atoms with Crippen LogP contribution in [0.25, 0.3) is 0 Å². The van der Waals surface area contributed by atoms with Crippen molar-refractivity contribution >= 4 is 12.0 Å². The molecular formula is C9H15NO3.